The fourth-order valence-corrected chi connectivity index (χ4v) is 3.08. The number of carbonyl (C=O) groups excluding carboxylic acids is 1. The Labute approximate surface area is 142 Å². The molecule has 0 aliphatic rings. The molecule has 1 amide bonds. The zero-order valence-electron chi connectivity index (χ0n) is 13.5. The fourth-order valence-electron chi connectivity index (χ4n) is 2.29. The molecule has 24 heavy (non-hydrogen) atoms. The standard InChI is InChI=1S/C18H18N2O3S/c1-3-20(2)14-10-9-13-11-17(23-16(13)12-14)18(21)19-24(22)15-7-5-4-6-8-15/h4-12H,3H2,1-2H3,(H,19,21). The number of nitrogens with one attached hydrogen (secondary N) is 1. The Hall–Kier alpha value is -2.60. The second-order valence-corrected chi connectivity index (χ2v) is 6.57. The molecule has 124 valence electrons. The average Bonchev–Trinajstić information content (AvgIpc) is 3.05. The highest BCUT2D eigenvalue weighted by molar-refractivity contribution is 7.83. The lowest BCUT2D eigenvalue weighted by molar-refractivity contribution is 0.0958. The highest BCUT2D eigenvalue weighted by atomic mass is 32.2. The van der Waals surface area contributed by atoms with Crippen molar-refractivity contribution in [3.63, 3.8) is 0 Å². The van der Waals surface area contributed by atoms with Crippen LogP contribution in [0, 0.1) is 0 Å². The van der Waals surface area contributed by atoms with Crippen molar-refractivity contribution in [3.05, 3.63) is 60.4 Å². The molecule has 1 aromatic heterocycles. The van der Waals surface area contributed by atoms with Crippen molar-refractivity contribution >= 4 is 33.5 Å². The first kappa shape index (κ1) is 16.3. The van der Waals surface area contributed by atoms with Crippen LogP contribution in [0.2, 0.25) is 0 Å². The van der Waals surface area contributed by atoms with Gasteiger partial charge in [-0.05, 0) is 37.3 Å². The second kappa shape index (κ2) is 6.88. The molecular formula is C18H18N2O3S. The predicted octanol–water partition coefficient (Wildman–Crippen LogP) is 3.34. The summed E-state index contributed by atoms with van der Waals surface area (Å²) in [5.41, 5.74) is 1.64. The third kappa shape index (κ3) is 3.33. The first-order chi connectivity index (χ1) is 11.6. The monoisotopic (exact) mass is 342 g/mol. The van der Waals surface area contributed by atoms with Crippen LogP contribution in [-0.4, -0.2) is 23.7 Å². The third-order valence-electron chi connectivity index (χ3n) is 3.79. The van der Waals surface area contributed by atoms with E-state index >= 15 is 0 Å². The Bertz CT molecular complexity index is 890. The topological polar surface area (TPSA) is 62.6 Å². The van der Waals surface area contributed by atoms with Gasteiger partial charge >= 0.3 is 0 Å². The minimum atomic E-state index is -1.62. The number of hydrogen-bond donors (Lipinski definition) is 1. The van der Waals surface area contributed by atoms with Gasteiger partial charge in [-0.25, -0.2) is 4.21 Å². The number of rotatable bonds is 5. The zero-order valence-corrected chi connectivity index (χ0v) is 14.3. The lowest BCUT2D eigenvalue weighted by Gasteiger charge is -2.15. The van der Waals surface area contributed by atoms with Crippen LogP contribution in [0.25, 0.3) is 11.0 Å². The third-order valence-corrected chi connectivity index (χ3v) is 4.86. The number of anilines is 1. The number of furan rings is 1. The first-order valence-corrected chi connectivity index (χ1v) is 8.76. The molecule has 0 aliphatic heterocycles. The van der Waals surface area contributed by atoms with E-state index in [1.807, 2.05) is 31.3 Å². The van der Waals surface area contributed by atoms with E-state index in [0.29, 0.717) is 10.5 Å². The highest BCUT2D eigenvalue weighted by Gasteiger charge is 2.16. The summed E-state index contributed by atoms with van der Waals surface area (Å²) in [4.78, 5) is 14.9. The van der Waals surface area contributed by atoms with Crippen LogP contribution in [0.5, 0.6) is 0 Å². The van der Waals surface area contributed by atoms with E-state index in [4.69, 9.17) is 4.42 Å². The van der Waals surface area contributed by atoms with Crippen molar-refractivity contribution < 1.29 is 13.4 Å². The molecule has 1 N–H and O–H groups in total. The Morgan fingerprint density at radius 3 is 2.62 bits per heavy atom. The van der Waals surface area contributed by atoms with Crippen LogP contribution in [0.1, 0.15) is 17.5 Å². The van der Waals surface area contributed by atoms with E-state index in [-0.39, 0.29) is 5.76 Å². The van der Waals surface area contributed by atoms with Crippen LogP contribution in [0.15, 0.2) is 63.9 Å². The second-order valence-electron chi connectivity index (χ2n) is 5.36. The van der Waals surface area contributed by atoms with Gasteiger partial charge in [0.25, 0.3) is 5.91 Å². The molecule has 1 heterocycles. The van der Waals surface area contributed by atoms with E-state index in [0.717, 1.165) is 17.6 Å². The van der Waals surface area contributed by atoms with Gasteiger partial charge in [-0.15, -0.1) is 0 Å². The van der Waals surface area contributed by atoms with E-state index in [9.17, 15) is 9.00 Å². The van der Waals surface area contributed by atoms with Gasteiger partial charge in [0.2, 0.25) is 0 Å². The summed E-state index contributed by atoms with van der Waals surface area (Å²) < 4.78 is 20.2. The fraction of sp³-hybridized carbons (Fsp3) is 0.167. The van der Waals surface area contributed by atoms with Crippen LogP contribution in [0.3, 0.4) is 0 Å². The molecule has 0 radical (unpaired) electrons. The Kier molecular flexibility index (Phi) is 4.66. The van der Waals surface area contributed by atoms with Crippen LogP contribution in [0.4, 0.5) is 5.69 Å². The lowest BCUT2D eigenvalue weighted by atomic mass is 10.2. The van der Waals surface area contributed by atoms with Crippen molar-refractivity contribution in [2.75, 3.05) is 18.5 Å². The van der Waals surface area contributed by atoms with Crippen molar-refractivity contribution in [2.45, 2.75) is 11.8 Å². The summed E-state index contributed by atoms with van der Waals surface area (Å²) in [6, 6.07) is 16.2. The number of nitrogens with zero attached hydrogens (tertiary/aromatic N) is 1. The van der Waals surface area contributed by atoms with Gasteiger partial charge in [0.1, 0.15) is 5.58 Å². The van der Waals surface area contributed by atoms with Crippen LogP contribution < -0.4 is 9.62 Å². The molecule has 6 heteroatoms. The quantitative estimate of drug-likeness (QED) is 0.772. The van der Waals surface area contributed by atoms with Crippen molar-refractivity contribution in [3.8, 4) is 0 Å². The summed E-state index contributed by atoms with van der Waals surface area (Å²) >= 11 is 0. The number of fused-ring (bicyclic) bond motifs is 1. The zero-order chi connectivity index (χ0) is 17.1. The molecule has 3 aromatic rings. The number of hydrogen-bond acceptors (Lipinski definition) is 4. The van der Waals surface area contributed by atoms with Crippen LogP contribution >= 0.6 is 0 Å². The molecule has 1 unspecified atom stereocenters. The Morgan fingerprint density at radius 1 is 1.17 bits per heavy atom. The molecule has 0 spiro atoms. The molecule has 0 fully saturated rings. The van der Waals surface area contributed by atoms with E-state index in [1.54, 1.807) is 30.3 Å². The summed E-state index contributed by atoms with van der Waals surface area (Å²) in [5.74, 6) is -0.357. The van der Waals surface area contributed by atoms with Gasteiger partial charge < -0.3 is 9.32 Å². The highest BCUT2D eigenvalue weighted by Crippen LogP contribution is 2.24. The van der Waals surface area contributed by atoms with E-state index in [1.165, 1.54) is 0 Å². The van der Waals surface area contributed by atoms with Crippen molar-refractivity contribution in [2.24, 2.45) is 0 Å². The van der Waals surface area contributed by atoms with Crippen molar-refractivity contribution in [1.29, 1.82) is 0 Å². The SMILES string of the molecule is CCN(C)c1ccc2cc(C(=O)NS(=O)c3ccccc3)oc2c1. The minimum absolute atomic E-state index is 0.144. The molecule has 0 bridgehead atoms. The summed E-state index contributed by atoms with van der Waals surface area (Å²) in [5, 5.41) is 0.832. The van der Waals surface area contributed by atoms with Crippen LogP contribution in [-0.2, 0) is 11.0 Å². The number of amides is 1. The van der Waals surface area contributed by atoms with Gasteiger partial charge in [0.15, 0.2) is 16.7 Å². The van der Waals surface area contributed by atoms with Gasteiger partial charge in [-0.2, -0.15) is 0 Å². The molecular weight excluding hydrogens is 324 g/mol. The van der Waals surface area contributed by atoms with Crippen molar-refractivity contribution in [1.82, 2.24) is 4.72 Å². The molecule has 2 aromatic carbocycles. The molecule has 5 nitrogen and oxygen atoms in total. The smallest absolute Gasteiger partial charge is 0.298 e. The normalized spacial score (nSPS) is 12.1. The number of carbonyl (C=O) groups is 1. The molecule has 0 saturated heterocycles. The Balaban J connectivity index is 1.81. The summed E-state index contributed by atoms with van der Waals surface area (Å²) in [6.45, 7) is 2.93. The predicted molar refractivity (Wildman–Crippen MR) is 95.5 cm³/mol. The molecule has 3 rings (SSSR count). The molecule has 0 saturated carbocycles. The maximum absolute atomic E-state index is 12.3. The maximum atomic E-state index is 12.3. The van der Waals surface area contributed by atoms with Gasteiger partial charge in [-0.3, -0.25) is 9.52 Å². The first-order valence-electron chi connectivity index (χ1n) is 7.61. The van der Waals surface area contributed by atoms with Gasteiger partial charge in [-0.1, -0.05) is 18.2 Å². The molecule has 0 aliphatic carbocycles. The maximum Gasteiger partial charge on any atom is 0.298 e. The minimum Gasteiger partial charge on any atom is -0.451 e. The summed E-state index contributed by atoms with van der Waals surface area (Å²) in [7, 11) is 0.370. The van der Waals surface area contributed by atoms with E-state index < -0.39 is 16.9 Å². The van der Waals surface area contributed by atoms with Gasteiger partial charge in [0, 0.05) is 30.7 Å². The summed E-state index contributed by atoms with van der Waals surface area (Å²) in [6.07, 6.45) is 0. The number of benzene rings is 2. The largest absolute Gasteiger partial charge is 0.451 e. The Morgan fingerprint density at radius 2 is 1.92 bits per heavy atom. The van der Waals surface area contributed by atoms with Gasteiger partial charge in [0.05, 0.1) is 4.90 Å². The lowest BCUT2D eigenvalue weighted by Crippen LogP contribution is -2.25. The average molecular weight is 342 g/mol. The molecule has 1 atom stereocenters. The van der Waals surface area contributed by atoms with E-state index in [2.05, 4.69) is 16.5 Å².